The van der Waals surface area contributed by atoms with Crippen molar-refractivity contribution in [2.24, 2.45) is 0 Å². The molecule has 132 valence electrons. The molecule has 3 aromatic rings. The maximum absolute atomic E-state index is 12.5. The Morgan fingerprint density at radius 1 is 1.04 bits per heavy atom. The van der Waals surface area contributed by atoms with Gasteiger partial charge in [-0.3, -0.25) is 4.79 Å². The number of hydrogen-bond donors (Lipinski definition) is 2. The van der Waals surface area contributed by atoms with Crippen molar-refractivity contribution in [3.63, 3.8) is 0 Å². The number of carbonyl (C=O) groups is 1. The van der Waals surface area contributed by atoms with E-state index in [1.54, 1.807) is 0 Å². The third-order valence-corrected chi connectivity index (χ3v) is 4.17. The molecule has 0 saturated heterocycles. The highest BCUT2D eigenvalue weighted by atomic mass is 16.1. The Bertz CT molecular complexity index is 920. The fourth-order valence-corrected chi connectivity index (χ4v) is 2.75. The first-order valence-corrected chi connectivity index (χ1v) is 8.62. The minimum Gasteiger partial charge on any atom is -0.324 e. The van der Waals surface area contributed by atoms with Crippen molar-refractivity contribution < 1.29 is 4.79 Å². The molecule has 2 aromatic carbocycles. The molecule has 0 bridgehead atoms. The third kappa shape index (κ3) is 4.06. The molecule has 5 heteroatoms. The summed E-state index contributed by atoms with van der Waals surface area (Å²) in [6.07, 6.45) is 3.92. The van der Waals surface area contributed by atoms with Crippen LogP contribution in [0.4, 0.5) is 17.3 Å². The van der Waals surface area contributed by atoms with Crippen LogP contribution in [0.2, 0.25) is 0 Å². The minimum absolute atomic E-state index is 0.212. The van der Waals surface area contributed by atoms with Crippen LogP contribution in [0.3, 0.4) is 0 Å². The van der Waals surface area contributed by atoms with Crippen molar-refractivity contribution >= 4 is 23.2 Å². The van der Waals surface area contributed by atoms with Crippen LogP contribution in [0.1, 0.15) is 34.0 Å². The summed E-state index contributed by atoms with van der Waals surface area (Å²) >= 11 is 0. The van der Waals surface area contributed by atoms with E-state index in [9.17, 15) is 4.79 Å². The van der Waals surface area contributed by atoms with Gasteiger partial charge in [0.1, 0.15) is 0 Å². The first-order chi connectivity index (χ1) is 12.6. The average Bonchev–Trinajstić information content (AvgIpc) is 2.64. The zero-order valence-electron chi connectivity index (χ0n) is 15.2. The number of amides is 1. The lowest BCUT2D eigenvalue weighted by molar-refractivity contribution is 0.102. The molecule has 3 rings (SSSR count). The number of benzene rings is 2. The summed E-state index contributed by atoms with van der Waals surface area (Å²) in [6.45, 7) is 6.08. The summed E-state index contributed by atoms with van der Waals surface area (Å²) in [7, 11) is 0. The van der Waals surface area contributed by atoms with Gasteiger partial charge in [-0.05, 0) is 49.1 Å². The number of nitrogens with zero attached hydrogens (tertiary/aromatic N) is 2. The Labute approximate surface area is 153 Å². The van der Waals surface area contributed by atoms with Crippen LogP contribution in [-0.4, -0.2) is 15.9 Å². The molecule has 0 fully saturated rings. The predicted molar refractivity (Wildman–Crippen MR) is 105 cm³/mol. The topological polar surface area (TPSA) is 66.9 Å². The molecular weight excluding hydrogens is 324 g/mol. The van der Waals surface area contributed by atoms with Gasteiger partial charge in [0.2, 0.25) is 5.95 Å². The van der Waals surface area contributed by atoms with Crippen LogP contribution >= 0.6 is 0 Å². The largest absolute Gasteiger partial charge is 0.324 e. The molecule has 26 heavy (non-hydrogen) atoms. The standard InChI is InChI=1S/C21H22N4O/c1-4-16-9-6-8-15(3)19(16)25-20(26)17-12-22-21(23-13-17)24-18-10-5-7-14(2)11-18/h5-13H,4H2,1-3H3,(H,25,26)(H,22,23,24). The van der Waals surface area contributed by atoms with Crippen LogP contribution < -0.4 is 10.6 Å². The second-order valence-electron chi connectivity index (χ2n) is 6.21. The van der Waals surface area contributed by atoms with Crippen LogP contribution in [0.5, 0.6) is 0 Å². The Kier molecular flexibility index (Phi) is 5.27. The van der Waals surface area contributed by atoms with Gasteiger partial charge in [0.05, 0.1) is 5.56 Å². The Morgan fingerprint density at radius 3 is 2.46 bits per heavy atom. The molecule has 0 radical (unpaired) electrons. The predicted octanol–water partition coefficient (Wildman–Crippen LogP) is 4.65. The van der Waals surface area contributed by atoms with E-state index in [4.69, 9.17) is 0 Å². The molecule has 5 nitrogen and oxygen atoms in total. The molecule has 0 unspecified atom stereocenters. The van der Waals surface area contributed by atoms with Gasteiger partial charge in [-0.1, -0.05) is 37.3 Å². The molecule has 1 amide bonds. The minimum atomic E-state index is -0.212. The molecule has 2 N–H and O–H groups in total. The maximum atomic E-state index is 12.5. The Hall–Kier alpha value is -3.21. The monoisotopic (exact) mass is 346 g/mol. The smallest absolute Gasteiger partial charge is 0.258 e. The summed E-state index contributed by atoms with van der Waals surface area (Å²) in [6, 6.07) is 13.9. The van der Waals surface area contributed by atoms with Gasteiger partial charge in [0.15, 0.2) is 0 Å². The van der Waals surface area contributed by atoms with Crippen LogP contribution in [0.25, 0.3) is 0 Å². The summed E-state index contributed by atoms with van der Waals surface area (Å²) < 4.78 is 0. The number of anilines is 3. The lowest BCUT2D eigenvalue weighted by atomic mass is 10.1. The quantitative estimate of drug-likeness (QED) is 0.705. The zero-order chi connectivity index (χ0) is 18.5. The van der Waals surface area contributed by atoms with Crippen molar-refractivity contribution in [1.82, 2.24) is 9.97 Å². The normalized spacial score (nSPS) is 10.4. The lowest BCUT2D eigenvalue weighted by Crippen LogP contribution is -2.15. The summed E-state index contributed by atoms with van der Waals surface area (Å²) in [4.78, 5) is 21.0. The molecule has 0 saturated carbocycles. The zero-order valence-corrected chi connectivity index (χ0v) is 15.2. The van der Waals surface area contributed by atoms with Gasteiger partial charge >= 0.3 is 0 Å². The number of para-hydroxylation sites is 1. The van der Waals surface area contributed by atoms with Gasteiger partial charge in [-0.25, -0.2) is 9.97 Å². The fourth-order valence-electron chi connectivity index (χ4n) is 2.75. The van der Waals surface area contributed by atoms with E-state index in [-0.39, 0.29) is 5.91 Å². The number of hydrogen-bond acceptors (Lipinski definition) is 4. The molecule has 0 aliphatic heterocycles. The van der Waals surface area contributed by atoms with Crippen LogP contribution in [0.15, 0.2) is 54.9 Å². The summed E-state index contributed by atoms with van der Waals surface area (Å²) in [5.41, 5.74) is 5.49. The molecular formula is C21H22N4O. The summed E-state index contributed by atoms with van der Waals surface area (Å²) in [5, 5.41) is 6.12. The number of aromatic nitrogens is 2. The van der Waals surface area contributed by atoms with Gasteiger partial charge in [0.25, 0.3) is 5.91 Å². The first kappa shape index (κ1) is 17.6. The Morgan fingerprint density at radius 2 is 1.77 bits per heavy atom. The van der Waals surface area contributed by atoms with Crippen molar-refractivity contribution in [2.75, 3.05) is 10.6 Å². The van der Waals surface area contributed by atoms with Crippen molar-refractivity contribution in [1.29, 1.82) is 0 Å². The number of rotatable bonds is 5. The van der Waals surface area contributed by atoms with E-state index in [2.05, 4.69) is 27.5 Å². The highest BCUT2D eigenvalue weighted by Gasteiger charge is 2.11. The van der Waals surface area contributed by atoms with Gasteiger partial charge in [-0.15, -0.1) is 0 Å². The van der Waals surface area contributed by atoms with Gasteiger partial charge in [-0.2, -0.15) is 0 Å². The number of nitrogens with one attached hydrogen (secondary N) is 2. The second-order valence-corrected chi connectivity index (χ2v) is 6.21. The van der Waals surface area contributed by atoms with E-state index >= 15 is 0 Å². The first-order valence-electron chi connectivity index (χ1n) is 8.62. The molecule has 0 aliphatic carbocycles. The van der Waals surface area contributed by atoms with E-state index < -0.39 is 0 Å². The lowest BCUT2D eigenvalue weighted by Gasteiger charge is -2.13. The van der Waals surface area contributed by atoms with Crippen LogP contribution in [0, 0.1) is 13.8 Å². The van der Waals surface area contributed by atoms with Gasteiger partial charge < -0.3 is 10.6 Å². The van der Waals surface area contributed by atoms with E-state index in [0.717, 1.165) is 34.5 Å². The number of aryl methyl sites for hydroxylation is 3. The van der Waals surface area contributed by atoms with Crippen molar-refractivity contribution in [3.8, 4) is 0 Å². The van der Waals surface area contributed by atoms with Gasteiger partial charge in [0, 0.05) is 23.8 Å². The van der Waals surface area contributed by atoms with Crippen molar-refractivity contribution in [3.05, 3.63) is 77.1 Å². The second kappa shape index (κ2) is 7.78. The van der Waals surface area contributed by atoms with Crippen molar-refractivity contribution in [2.45, 2.75) is 27.2 Å². The third-order valence-electron chi connectivity index (χ3n) is 4.17. The highest BCUT2D eigenvalue weighted by Crippen LogP contribution is 2.22. The Balaban J connectivity index is 1.73. The molecule has 1 aromatic heterocycles. The fraction of sp³-hybridized carbons (Fsp3) is 0.190. The summed E-state index contributed by atoms with van der Waals surface area (Å²) in [5.74, 6) is 0.244. The van der Waals surface area contributed by atoms with E-state index in [1.165, 1.54) is 12.4 Å². The average molecular weight is 346 g/mol. The van der Waals surface area contributed by atoms with E-state index in [0.29, 0.717) is 11.5 Å². The molecule has 0 spiro atoms. The molecule has 0 aliphatic rings. The molecule has 1 heterocycles. The maximum Gasteiger partial charge on any atom is 0.258 e. The molecule has 0 atom stereocenters. The van der Waals surface area contributed by atoms with Crippen LogP contribution in [-0.2, 0) is 6.42 Å². The van der Waals surface area contributed by atoms with E-state index in [1.807, 2.05) is 56.3 Å². The number of carbonyl (C=O) groups excluding carboxylic acids is 1. The SMILES string of the molecule is CCc1cccc(C)c1NC(=O)c1cnc(Nc2cccc(C)c2)nc1. The highest BCUT2D eigenvalue weighted by molar-refractivity contribution is 6.04.